The van der Waals surface area contributed by atoms with Crippen LogP contribution in [0.3, 0.4) is 0 Å². The molecule has 3 N–H and O–H groups in total. The van der Waals surface area contributed by atoms with Crippen LogP contribution in [0.25, 0.3) is 0 Å². The number of hydrogen-bond acceptors (Lipinski definition) is 5. The normalized spacial score (nSPS) is 18.6. The molecule has 0 radical (unpaired) electrons. The minimum absolute atomic E-state index is 0.141. The molecule has 0 saturated heterocycles. The van der Waals surface area contributed by atoms with Gasteiger partial charge in [-0.25, -0.2) is 13.6 Å². The molecule has 2 atom stereocenters. The smallest absolute Gasteiger partial charge is 0.238 e. The minimum atomic E-state index is -3.93. The van der Waals surface area contributed by atoms with Crippen LogP contribution in [-0.4, -0.2) is 26.8 Å². The molecule has 0 bridgehead atoms. The Balaban J connectivity index is 1.90. The van der Waals surface area contributed by atoms with Gasteiger partial charge in [0, 0.05) is 21.8 Å². The lowest BCUT2D eigenvalue weighted by atomic mass is 9.96. The lowest BCUT2D eigenvalue weighted by Crippen LogP contribution is -2.34. The Hall–Kier alpha value is -2.23. The Kier molecular flexibility index (Phi) is 7.18. The Labute approximate surface area is 194 Å². The van der Waals surface area contributed by atoms with Crippen LogP contribution in [0, 0.1) is 5.92 Å². The van der Waals surface area contributed by atoms with Crippen LogP contribution in [0.1, 0.15) is 0 Å². The van der Waals surface area contributed by atoms with Gasteiger partial charge in [-0.1, -0.05) is 29.3 Å². The van der Waals surface area contributed by atoms with E-state index in [9.17, 15) is 13.2 Å². The van der Waals surface area contributed by atoms with Gasteiger partial charge >= 0.3 is 0 Å². The number of allylic oxidation sites excluding steroid dienone is 3. The van der Waals surface area contributed by atoms with Gasteiger partial charge in [-0.2, -0.15) is 0 Å². The van der Waals surface area contributed by atoms with E-state index in [1.807, 2.05) is 0 Å². The zero-order chi connectivity index (χ0) is 22.8. The number of carbonyl (C=O) groups excluding carboxylic acids is 1. The van der Waals surface area contributed by atoms with Crippen LogP contribution in [0.5, 0.6) is 11.5 Å². The molecule has 0 fully saturated rings. The van der Waals surface area contributed by atoms with Crippen LogP contribution in [0.15, 0.2) is 70.3 Å². The number of hydrogen-bond donors (Lipinski definition) is 2. The number of ether oxygens (including phenoxy) is 2. The van der Waals surface area contributed by atoms with Crippen molar-refractivity contribution in [3.63, 3.8) is 0 Å². The quantitative estimate of drug-likeness (QED) is 0.573. The number of nitrogens with two attached hydrogens (primary N) is 1. The predicted octanol–water partition coefficient (Wildman–Crippen LogP) is 4.26. The van der Waals surface area contributed by atoms with E-state index in [0.717, 1.165) is 0 Å². The van der Waals surface area contributed by atoms with E-state index in [2.05, 4.69) is 5.32 Å². The molecule has 31 heavy (non-hydrogen) atoms. The largest absolute Gasteiger partial charge is 0.493 e. The van der Waals surface area contributed by atoms with Crippen LogP contribution >= 0.6 is 34.8 Å². The highest BCUT2D eigenvalue weighted by Gasteiger charge is 2.35. The summed E-state index contributed by atoms with van der Waals surface area (Å²) >= 11 is 18.5. The Morgan fingerprint density at radius 1 is 1.13 bits per heavy atom. The predicted molar refractivity (Wildman–Crippen MR) is 120 cm³/mol. The molecule has 11 heteroatoms. The van der Waals surface area contributed by atoms with Gasteiger partial charge in [0.1, 0.15) is 11.7 Å². The zero-order valence-electron chi connectivity index (χ0n) is 16.0. The van der Waals surface area contributed by atoms with Crippen molar-refractivity contribution in [1.82, 2.24) is 0 Å². The summed E-state index contributed by atoms with van der Waals surface area (Å²) in [7, 11) is -2.48. The molecule has 0 saturated carbocycles. The monoisotopic (exact) mass is 502 g/mol. The first-order chi connectivity index (χ1) is 14.6. The number of amides is 1. The molecule has 2 aromatic rings. The lowest BCUT2D eigenvalue weighted by Gasteiger charge is -2.26. The van der Waals surface area contributed by atoms with Crippen molar-refractivity contribution in [1.29, 1.82) is 0 Å². The van der Waals surface area contributed by atoms with Gasteiger partial charge in [-0.3, -0.25) is 4.79 Å². The number of anilines is 1. The van der Waals surface area contributed by atoms with Gasteiger partial charge in [0.15, 0.2) is 11.5 Å². The summed E-state index contributed by atoms with van der Waals surface area (Å²) in [5.74, 6) is -0.672. The highest BCUT2D eigenvalue weighted by atomic mass is 35.5. The van der Waals surface area contributed by atoms with E-state index in [1.165, 1.54) is 43.5 Å². The van der Waals surface area contributed by atoms with E-state index >= 15 is 0 Å². The van der Waals surface area contributed by atoms with Crippen LogP contribution in [-0.2, 0) is 14.8 Å². The number of primary sulfonamides is 1. The number of carbonyl (C=O) groups is 1. The Bertz CT molecular complexity index is 1180. The maximum atomic E-state index is 13.0. The summed E-state index contributed by atoms with van der Waals surface area (Å²) in [6.45, 7) is 0. The average molecular weight is 504 g/mol. The minimum Gasteiger partial charge on any atom is -0.493 e. The maximum Gasteiger partial charge on any atom is 0.238 e. The summed E-state index contributed by atoms with van der Waals surface area (Å²) in [5, 5.41) is 7.69. The molecule has 2 unspecified atom stereocenters. The molecule has 1 amide bonds. The standard InChI is InChI=1S/C20H17Cl3N2O5S/c1-29-17-8-11(21)5-6-16(17)30-18-9-12(22)7-15(23)19(18)20(26)25-13-3-2-4-14(10-13)31(24,27)28/h2-10,15,19H,1H3,(H,25,26)(H2,24,27,28). The molecular formula is C20H17Cl3N2O5S. The lowest BCUT2D eigenvalue weighted by molar-refractivity contribution is -0.119. The van der Waals surface area contributed by atoms with Gasteiger partial charge in [0.2, 0.25) is 15.9 Å². The molecule has 0 aliphatic heterocycles. The number of benzene rings is 2. The number of alkyl halides is 1. The molecule has 0 aromatic heterocycles. The zero-order valence-corrected chi connectivity index (χ0v) is 19.1. The molecular weight excluding hydrogens is 487 g/mol. The maximum absolute atomic E-state index is 13.0. The van der Waals surface area contributed by atoms with E-state index in [4.69, 9.17) is 49.4 Å². The molecule has 3 rings (SSSR count). The molecule has 7 nitrogen and oxygen atoms in total. The summed E-state index contributed by atoms with van der Waals surface area (Å²) < 4.78 is 34.3. The second-order valence-electron chi connectivity index (χ2n) is 6.48. The fourth-order valence-corrected chi connectivity index (χ4v) is 4.27. The van der Waals surface area contributed by atoms with Crippen molar-refractivity contribution in [3.8, 4) is 11.5 Å². The topological polar surface area (TPSA) is 108 Å². The van der Waals surface area contributed by atoms with Crippen molar-refractivity contribution in [2.24, 2.45) is 11.1 Å². The second kappa shape index (κ2) is 9.50. The number of methoxy groups -OCH3 is 1. The molecule has 2 aromatic carbocycles. The Morgan fingerprint density at radius 2 is 1.87 bits per heavy atom. The number of sulfonamides is 1. The number of nitrogens with one attached hydrogen (secondary N) is 1. The third kappa shape index (κ3) is 5.72. The van der Waals surface area contributed by atoms with Crippen LogP contribution < -0.4 is 19.9 Å². The Morgan fingerprint density at radius 3 is 2.55 bits per heavy atom. The highest BCUT2D eigenvalue weighted by Crippen LogP contribution is 2.37. The van der Waals surface area contributed by atoms with E-state index < -0.39 is 27.2 Å². The summed E-state index contributed by atoms with van der Waals surface area (Å²) in [4.78, 5) is 12.9. The van der Waals surface area contributed by atoms with Crippen molar-refractivity contribution in [2.45, 2.75) is 10.3 Å². The average Bonchev–Trinajstić information content (AvgIpc) is 2.68. The van der Waals surface area contributed by atoms with Gasteiger partial charge in [0.25, 0.3) is 0 Å². The first-order valence-corrected chi connectivity index (χ1v) is 11.5. The van der Waals surface area contributed by atoms with E-state index in [-0.39, 0.29) is 16.3 Å². The third-order valence-corrected chi connectivity index (χ3v) is 6.05. The molecule has 0 spiro atoms. The number of halogens is 3. The molecule has 1 aliphatic carbocycles. The van der Waals surface area contributed by atoms with Gasteiger partial charge in [0.05, 0.1) is 17.4 Å². The van der Waals surface area contributed by atoms with Crippen molar-refractivity contribution in [2.75, 3.05) is 12.4 Å². The van der Waals surface area contributed by atoms with Gasteiger partial charge < -0.3 is 14.8 Å². The molecule has 1 aliphatic rings. The number of rotatable bonds is 6. The van der Waals surface area contributed by atoms with Crippen LogP contribution in [0.2, 0.25) is 5.02 Å². The van der Waals surface area contributed by atoms with Crippen molar-refractivity contribution >= 4 is 56.4 Å². The fraction of sp³-hybridized carbons (Fsp3) is 0.150. The summed E-state index contributed by atoms with van der Waals surface area (Å²) in [5.41, 5.74) is 0.226. The second-order valence-corrected chi connectivity index (χ2v) is 9.42. The third-order valence-electron chi connectivity index (χ3n) is 4.29. The van der Waals surface area contributed by atoms with Gasteiger partial charge in [-0.15, -0.1) is 11.6 Å². The summed E-state index contributed by atoms with van der Waals surface area (Å²) in [6.07, 6.45) is 2.97. The van der Waals surface area contributed by atoms with Crippen molar-refractivity contribution < 1.29 is 22.7 Å². The fourth-order valence-electron chi connectivity index (χ4n) is 2.87. The summed E-state index contributed by atoms with van der Waals surface area (Å²) in [6, 6.07) is 10.3. The van der Waals surface area contributed by atoms with E-state index in [0.29, 0.717) is 21.6 Å². The van der Waals surface area contributed by atoms with Gasteiger partial charge in [-0.05, 0) is 42.5 Å². The SMILES string of the molecule is COc1cc(Cl)ccc1OC1=CC(Cl)=CC(Cl)C1C(=O)Nc1cccc(S(N)(=O)=O)c1. The first-order valence-electron chi connectivity index (χ1n) is 8.76. The molecule has 164 valence electrons. The molecule has 0 heterocycles. The highest BCUT2D eigenvalue weighted by molar-refractivity contribution is 7.89. The first kappa shape index (κ1) is 23.4. The van der Waals surface area contributed by atoms with Crippen LogP contribution in [0.4, 0.5) is 5.69 Å². The van der Waals surface area contributed by atoms with Crippen molar-refractivity contribution in [3.05, 3.63) is 70.4 Å². The van der Waals surface area contributed by atoms with E-state index in [1.54, 1.807) is 18.2 Å².